The lowest BCUT2D eigenvalue weighted by molar-refractivity contribution is 0.243. The lowest BCUT2D eigenvalue weighted by atomic mass is 9.72. The minimum atomic E-state index is -5.19. The number of sulfonamides is 1. The van der Waals surface area contributed by atoms with Crippen molar-refractivity contribution in [1.82, 2.24) is 0 Å². The van der Waals surface area contributed by atoms with E-state index in [9.17, 15) is 39.5 Å². The first-order valence-corrected chi connectivity index (χ1v) is 20.7. The number of nitrogens with zero attached hydrogens (tertiary/aromatic N) is 2. The average molecular weight is 796 g/mol. The highest BCUT2D eigenvalue weighted by atomic mass is 35.5. The maximum absolute atomic E-state index is 13.7. The van der Waals surface area contributed by atoms with Crippen molar-refractivity contribution >= 4 is 69.7 Å². The number of phenolic OH excluding ortho intramolecular Hbond substituents is 1. The van der Waals surface area contributed by atoms with Gasteiger partial charge in [0.25, 0.3) is 30.3 Å². The van der Waals surface area contributed by atoms with Crippen LogP contribution in [0, 0.1) is 19.3 Å². The van der Waals surface area contributed by atoms with E-state index in [0.717, 1.165) is 30.2 Å². The number of fused-ring (bicyclic) bond motifs is 1. The predicted octanol–water partition coefficient (Wildman–Crippen LogP) is 9.03. The van der Waals surface area contributed by atoms with Gasteiger partial charge in [-0.1, -0.05) is 52.3 Å². The Bertz CT molecular complexity index is 2440. The second kappa shape index (κ2) is 14.2. The van der Waals surface area contributed by atoms with Gasteiger partial charge in [0.1, 0.15) is 22.0 Å². The third-order valence-corrected chi connectivity index (χ3v) is 11.6. The number of benzene rings is 4. The van der Waals surface area contributed by atoms with E-state index in [0.29, 0.717) is 10.6 Å². The molecule has 0 bridgehead atoms. The molecule has 0 unspecified atom stereocenters. The maximum atomic E-state index is 13.7. The molecule has 282 valence electrons. The van der Waals surface area contributed by atoms with Crippen molar-refractivity contribution in [3.63, 3.8) is 0 Å². The number of anilines is 1. The van der Waals surface area contributed by atoms with Crippen LogP contribution >= 0.6 is 11.6 Å². The summed E-state index contributed by atoms with van der Waals surface area (Å²) in [5.41, 5.74) is -0.0959. The van der Waals surface area contributed by atoms with Crippen molar-refractivity contribution in [1.29, 1.82) is 0 Å². The number of azo groups is 1. The Balaban J connectivity index is 2.04. The fourth-order valence-electron chi connectivity index (χ4n) is 6.13. The van der Waals surface area contributed by atoms with E-state index < -0.39 is 67.9 Å². The normalized spacial score (nSPS) is 13.3. The molecule has 0 spiro atoms. The van der Waals surface area contributed by atoms with Crippen molar-refractivity contribution in [2.45, 2.75) is 94.9 Å². The molecular formula is C35H42ClN3O10S3. The van der Waals surface area contributed by atoms with Gasteiger partial charge in [-0.3, -0.25) is 13.8 Å². The summed E-state index contributed by atoms with van der Waals surface area (Å²) in [6.07, 6.45) is 0.476. The van der Waals surface area contributed by atoms with E-state index in [-0.39, 0.29) is 38.8 Å². The highest BCUT2D eigenvalue weighted by Gasteiger charge is 2.30. The van der Waals surface area contributed by atoms with Crippen LogP contribution < -0.4 is 9.46 Å². The van der Waals surface area contributed by atoms with Crippen LogP contribution in [0.15, 0.2) is 73.4 Å². The Morgan fingerprint density at radius 2 is 1.46 bits per heavy atom. The number of ether oxygens (including phenoxy) is 1. The van der Waals surface area contributed by atoms with Crippen LogP contribution in [0.4, 0.5) is 17.1 Å². The Kier molecular flexibility index (Phi) is 11.2. The zero-order chi connectivity index (χ0) is 39.4. The number of hydrogen-bond acceptors (Lipinski definition) is 10. The van der Waals surface area contributed by atoms with Gasteiger partial charge in [-0.25, -0.2) is 8.42 Å². The molecule has 0 atom stereocenters. The molecule has 4 rings (SSSR count). The molecule has 4 N–H and O–H groups in total. The fourth-order valence-corrected chi connectivity index (χ4v) is 8.92. The molecule has 0 saturated carbocycles. The summed E-state index contributed by atoms with van der Waals surface area (Å²) < 4.78 is 106. The fraction of sp³-hybridized carbons (Fsp3) is 0.371. The molecule has 0 aromatic heterocycles. The van der Waals surface area contributed by atoms with E-state index in [4.69, 9.17) is 16.3 Å². The van der Waals surface area contributed by atoms with Crippen LogP contribution in [-0.4, -0.2) is 45.6 Å². The standard InChI is InChI=1S/C35H42ClN3O10S3/c1-19(2)49-28-11-10-23(35(8,9)18-34(5,6)7)16-26(28)37-38-32-30(52(46,47)48)15-22-14-24(51(43,44)45)17-27(31(22)33(32)40)39-50(41,42)29-13-20(3)25(36)12-21(29)4/h10-17,19,39-40H,18H2,1-9H3,(H,43,44,45)(H,46,47,48). The molecule has 0 amide bonds. The first-order valence-electron chi connectivity index (χ1n) is 15.9. The first-order chi connectivity index (χ1) is 23.6. The minimum Gasteiger partial charge on any atom is -0.505 e. The first kappa shape index (κ1) is 41.0. The number of hydrogen-bond donors (Lipinski definition) is 4. The summed E-state index contributed by atoms with van der Waals surface area (Å²) in [6.45, 7) is 17.1. The van der Waals surface area contributed by atoms with Crippen LogP contribution in [0.3, 0.4) is 0 Å². The monoisotopic (exact) mass is 795 g/mol. The molecule has 0 radical (unpaired) electrons. The van der Waals surface area contributed by atoms with Gasteiger partial charge in [0, 0.05) is 5.02 Å². The molecule has 0 aliphatic rings. The van der Waals surface area contributed by atoms with Crippen molar-refractivity contribution in [3.8, 4) is 11.5 Å². The van der Waals surface area contributed by atoms with Crippen LogP contribution in [0.25, 0.3) is 10.8 Å². The van der Waals surface area contributed by atoms with Crippen molar-refractivity contribution in [2.24, 2.45) is 15.6 Å². The number of aromatic hydroxyl groups is 1. The topological polar surface area (TPSA) is 209 Å². The summed E-state index contributed by atoms with van der Waals surface area (Å²) in [7, 11) is -14.8. The molecular weight excluding hydrogens is 754 g/mol. The summed E-state index contributed by atoms with van der Waals surface area (Å²) in [5, 5.41) is 19.5. The number of rotatable bonds is 11. The van der Waals surface area contributed by atoms with Gasteiger partial charge in [-0.2, -0.15) is 16.8 Å². The maximum Gasteiger partial charge on any atom is 0.296 e. The van der Waals surface area contributed by atoms with Gasteiger partial charge < -0.3 is 9.84 Å². The average Bonchev–Trinajstić information content (AvgIpc) is 2.96. The van der Waals surface area contributed by atoms with Gasteiger partial charge in [0.2, 0.25) is 0 Å². The molecule has 52 heavy (non-hydrogen) atoms. The van der Waals surface area contributed by atoms with E-state index in [2.05, 4.69) is 49.6 Å². The smallest absolute Gasteiger partial charge is 0.296 e. The van der Waals surface area contributed by atoms with E-state index in [1.165, 1.54) is 19.1 Å². The molecule has 4 aromatic carbocycles. The lowest BCUT2D eigenvalue weighted by Crippen LogP contribution is -2.24. The molecule has 0 saturated heterocycles. The SMILES string of the molecule is Cc1cc(S(=O)(=O)Nc2cc(S(=O)(=O)O)cc3cc(S(=O)(=O)O)c(N=Nc4cc(C(C)(C)CC(C)(C)C)ccc4OC(C)C)c(O)c23)c(C)cc1Cl. The molecule has 4 aromatic rings. The molecule has 0 fully saturated rings. The molecule has 0 aliphatic heterocycles. The Labute approximate surface area is 309 Å². The van der Waals surface area contributed by atoms with Crippen LogP contribution in [0.2, 0.25) is 5.02 Å². The van der Waals surface area contributed by atoms with Crippen LogP contribution in [0.5, 0.6) is 11.5 Å². The second-order valence-electron chi connectivity index (χ2n) is 14.7. The van der Waals surface area contributed by atoms with E-state index in [1.54, 1.807) is 32.9 Å². The molecule has 0 aliphatic carbocycles. The highest BCUT2D eigenvalue weighted by molar-refractivity contribution is 7.92. The molecule has 0 heterocycles. The van der Waals surface area contributed by atoms with Crippen molar-refractivity contribution < 1.29 is 44.2 Å². The predicted molar refractivity (Wildman–Crippen MR) is 200 cm³/mol. The zero-order valence-corrected chi connectivity index (χ0v) is 33.3. The Hall–Kier alpha value is -3.80. The quantitative estimate of drug-likeness (QED) is 0.0836. The summed E-state index contributed by atoms with van der Waals surface area (Å²) in [4.78, 5) is -2.06. The zero-order valence-electron chi connectivity index (χ0n) is 30.1. The van der Waals surface area contributed by atoms with Gasteiger partial charge in [0.05, 0.1) is 27.0 Å². The highest BCUT2D eigenvalue weighted by Crippen LogP contribution is 2.47. The minimum absolute atomic E-state index is 0.0426. The summed E-state index contributed by atoms with van der Waals surface area (Å²) >= 11 is 6.16. The third kappa shape index (κ3) is 9.22. The van der Waals surface area contributed by atoms with Gasteiger partial charge in [-0.05, 0) is 109 Å². The van der Waals surface area contributed by atoms with Gasteiger partial charge in [0.15, 0.2) is 5.75 Å². The summed E-state index contributed by atoms with van der Waals surface area (Å²) in [5.74, 6) is -0.698. The Morgan fingerprint density at radius 3 is 2.02 bits per heavy atom. The molecule has 13 nitrogen and oxygen atoms in total. The second-order valence-corrected chi connectivity index (χ2v) is 19.6. The number of nitrogens with one attached hydrogen (secondary N) is 1. The largest absolute Gasteiger partial charge is 0.505 e. The van der Waals surface area contributed by atoms with Crippen molar-refractivity contribution in [2.75, 3.05) is 4.72 Å². The molecule has 17 heteroatoms. The van der Waals surface area contributed by atoms with E-state index >= 15 is 0 Å². The third-order valence-electron chi connectivity index (χ3n) is 8.02. The van der Waals surface area contributed by atoms with Gasteiger partial charge in [-0.15, -0.1) is 10.2 Å². The van der Waals surface area contributed by atoms with Crippen LogP contribution in [-0.2, 0) is 35.7 Å². The summed E-state index contributed by atoms with van der Waals surface area (Å²) in [6, 6.07) is 10.3. The van der Waals surface area contributed by atoms with Crippen molar-refractivity contribution in [3.05, 3.63) is 70.2 Å². The lowest BCUT2D eigenvalue weighted by Gasteiger charge is -2.33. The van der Waals surface area contributed by atoms with Gasteiger partial charge >= 0.3 is 0 Å². The van der Waals surface area contributed by atoms with E-state index in [1.807, 2.05) is 6.07 Å². The number of aryl methyl sites for hydroxylation is 2. The Morgan fingerprint density at radius 1 is 0.827 bits per heavy atom. The van der Waals surface area contributed by atoms with Crippen LogP contribution in [0.1, 0.15) is 71.6 Å². The number of halogens is 1. The number of phenols is 1.